The highest BCUT2D eigenvalue weighted by Gasteiger charge is 2.40. The number of likely N-dealkylation sites (tertiary alicyclic amines) is 1. The van der Waals surface area contributed by atoms with Gasteiger partial charge in [-0.1, -0.05) is 36.4 Å². The van der Waals surface area contributed by atoms with Crippen molar-refractivity contribution in [2.24, 2.45) is 0 Å². The largest absolute Gasteiger partial charge is 0.489 e. The molecule has 0 aromatic heterocycles. The highest BCUT2D eigenvalue weighted by Crippen LogP contribution is 2.40. The minimum atomic E-state index is -4.49. The molecule has 2 aromatic rings. The number of alkyl halides is 3. The molecule has 180 valence electrons. The maximum absolute atomic E-state index is 13.4. The summed E-state index contributed by atoms with van der Waals surface area (Å²) in [6.07, 6.45) is -4.42. The number of methoxy groups -OCH3 is 1. The summed E-state index contributed by atoms with van der Waals surface area (Å²) in [5.74, 6) is -0.0494. The van der Waals surface area contributed by atoms with E-state index >= 15 is 0 Å². The molecule has 0 radical (unpaired) electrons. The molecule has 1 heterocycles. The van der Waals surface area contributed by atoms with Gasteiger partial charge in [-0.05, 0) is 50.5 Å². The van der Waals surface area contributed by atoms with Crippen LogP contribution in [0.1, 0.15) is 49.8 Å². The van der Waals surface area contributed by atoms with E-state index in [0.29, 0.717) is 25.1 Å². The Hall–Kier alpha value is -2.74. The van der Waals surface area contributed by atoms with Gasteiger partial charge in [-0.3, -0.25) is 0 Å². The number of carbonyl (C=O) groups excluding carboxylic acids is 1. The number of ether oxygens (including phenoxy) is 3. The molecule has 0 spiro atoms. The van der Waals surface area contributed by atoms with Gasteiger partial charge in [0, 0.05) is 19.6 Å². The van der Waals surface area contributed by atoms with Crippen molar-refractivity contribution < 1.29 is 32.2 Å². The van der Waals surface area contributed by atoms with Crippen molar-refractivity contribution in [1.29, 1.82) is 0 Å². The first kappa shape index (κ1) is 24.9. The van der Waals surface area contributed by atoms with Gasteiger partial charge in [0.1, 0.15) is 18.0 Å². The Morgan fingerprint density at radius 3 is 2.39 bits per heavy atom. The summed E-state index contributed by atoms with van der Waals surface area (Å²) in [6, 6.07) is 12.6. The van der Waals surface area contributed by atoms with Gasteiger partial charge in [-0.25, -0.2) is 4.79 Å². The van der Waals surface area contributed by atoms with Gasteiger partial charge in [0.2, 0.25) is 0 Å². The van der Waals surface area contributed by atoms with Gasteiger partial charge in [0.15, 0.2) is 0 Å². The van der Waals surface area contributed by atoms with Crippen molar-refractivity contribution in [2.75, 3.05) is 20.3 Å². The van der Waals surface area contributed by atoms with Gasteiger partial charge in [0.25, 0.3) is 0 Å². The zero-order valence-electron chi connectivity index (χ0n) is 19.3. The second-order valence-corrected chi connectivity index (χ2v) is 9.20. The van der Waals surface area contributed by atoms with E-state index in [1.807, 2.05) is 30.3 Å². The molecule has 1 aliphatic rings. The molecule has 0 unspecified atom stereocenters. The monoisotopic (exact) mass is 465 g/mol. The minimum absolute atomic E-state index is 0.138. The second kappa shape index (κ2) is 10.0. The van der Waals surface area contributed by atoms with Crippen LogP contribution in [0.2, 0.25) is 0 Å². The number of amides is 1. The lowest BCUT2D eigenvalue weighted by molar-refractivity contribution is -0.137. The van der Waals surface area contributed by atoms with Crippen LogP contribution in [0.5, 0.6) is 5.75 Å². The molecule has 0 aliphatic carbocycles. The molecule has 1 fully saturated rings. The zero-order valence-corrected chi connectivity index (χ0v) is 19.3. The van der Waals surface area contributed by atoms with Crippen LogP contribution in [0.4, 0.5) is 18.0 Å². The summed E-state index contributed by atoms with van der Waals surface area (Å²) < 4.78 is 56.9. The lowest BCUT2D eigenvalue weighted by Gasteiger charge is -2.28. The molecule has 1 amide bonds. The van der Waals surface area contributed by atoms with Gasteiger partial charge in [-0.15, -0.1) is 0 Å². The molecule has 2 aromatic carbocycles. The van der Waals surface area contributed by atoms with Crippen LogP contribution in [0.25, 0.3) is 0 Å². The number of benzene rings is 2. The first-order chi connectivity index (χ1) is 15.5. The average Bonchev–Trinajstić information content (AvgIpc) is 3.15. The highest BCUT2D eigenvalue weighted by atomic mass is 19.4. The highest BCUT2D eigenvalue weighted by molar-refractivity contribution is 5.69. The van der Waals surface area contributed by atoms with Crippen LogP contribution in [0.15, 0.2) is 48.5 Å². The van der Waals surface area contributed by atoms with Crippen molar-refractivity contribution in [2.45, 2.75) is 57.5 Å². The van der Waals surface area contributed by atoms with Crippen LogP contribution < -0.4 is 4.74 Å². The fraction of sp³-hybridized carbons (Fsp3) is 0.480. The Balaban J connectivity index is 1.88. The summed E-state index contributed by atoms with van der Waals surface area (Å²) in [4.78, 5) is 14.4. The first-order valence-electron chi connectivity index (χ1n) is 10.8. The SMILES string of the molecule is COC[C@@H]1C[C@@H](c2ccc(C(F)(F)F)cc2OCc2ccccc2)CN1C(=O)OC(C)(C)C. The lowest BCUT2D eigenvalue weighted by atomic mass is 9.94. The Morgan fingerprint density at radius 1 is 1.09 bits per heavy atom. The normalized spacial score (nSPS) is 18.9. The summed E-state index contributed by atoms with van der Waals surface area (Å²) in [5, 5.41) is 0. The quantitative estimate of drug-likeness (QED) is 0.523. The predicted octanol–water partition coefficient (Wildman–Crippen LogP) is 6.02. The van der Waals surface area contributed by atoms with E-state index in [4.69, 9.17) is 14.2 Å². The number of nitrogens with zero attached hydrogens (tertiary/aromatic N) is 1. The van der Waals surface area contributed by atoms with Crippen molar-refractivity contribution >= 4 is 6.09 Å². The average molecular weight is 466 g/mol. The summed E-state index contributed by atoms with van der Waals surface area (Å²) in [7, 11) is 1.55. The maximum atomic E-state index is 13.4. The lowest BCUT2D eigenvalue weighted by Crippen LogP contribution is -2.41. The van der Waals surface area contributed by atoms with Gasteiger partial charge in [0.05, 0.1) is 18.2 Å². The molecule has 33 heavy (non-hydrogen) atoms. The fourth-order valence-corrected chi connectivity index (χ4v) is 3.94. The van der Waals surface area contributed by atoms with Crippen molar-refractivity contribution in [3.05, 3.63) is 65.2 Å². The summed E-state index contributed by atoms with van der Waals surface area (Å²) in [6.45, 7) is 6.10. The van der Waals surface area contributed by atoms with E-state index in [-0.39, 0.29) is 24.3 Å². The van der Waals surface area contributed by atoms with Gasteiger partial charge >= 0.3 is 12.3 Å². The number of hydrogen-bond acceptors (Lipinski definition) is 4. The van der Waals surface area contributed by atoms with Crippen LogP contribution in [0, 0.1) is 0 Å². The Labute approximate surface area is 192 Å². The van der Waals surface area contributed by atoms with Crippen molar-refractivity contribution in [1.82, 2.24) is 4.90 Å². The van der Waals surface area contributed by atoms with Crippen LogP contribution >= 0.6 is 0 Å². The molecule has 5 nitrogen and oxygen atoms in total. The van der Waals surface area contributed by atoms with E-state index in [1.165, 1.54) is 6.07 Å². The third-order valence-electron chi connectivity index (χ3n) is 5.42. The van der Waals surface area contributed by atoms with E-state index in [0.717, 1.165) is 17.7 Å². The molecule has 0 bridgehead atoms. The van der Waals surface area contributed by atoms with E-state index in [9.17, 15) is 18.0 Å². The Kier molecular flexibility index (Phi) is 7.57. The third-order valence-corrected chi connectivity index (χ3v) is 5.42. The van der Waals surface area contributed by atoms with E-state index < -0.39 is 23.4 Å². The maximum Gasteiger partial charge on any atom is 0.416 e. The molecular weight excluding hydrogens is 435 g/mol. The van der Waals surface area contributed by atoms with Crippen LogP contribution in [-0.2, 0) is 22.3 Å². The van der Waals surface area contributed by atoms with Crippen LogP contribution in [0.3, 0.4) is 0 Å². The summed E-state index contributed by atoms with van der Waals surface area (Å²) in [5.41, 5.74) is 0.0428. The Morgan fingerprint density at radius 2 is 1.79 bits per heavy atom. The third kappa shape index (κ3) is 6.63. The smallest absolute Gasteiger partial charge is 0.416 e. The molecule has 2 atom stereocenters. The molecule has 0 N–H and O–H groups in total. The minimum Gasteiger partial charge on any atom is -0.489 e. The molecule has 1 aliphatic heterocycles. The van der Waals surface area contributed by atoms with Gasteiger partial charge in [-0.2, -0.15) is 13.2 Å². The summed E-state index contributed by atoms with van der Waals surface area (Å²) >= 11 is 0. The standard InChI is InChI=1S/C25H30F3NO4/c1-24(2,3)33-23(30)29-14-18(12-20(29)16-31-4)21-11-10-19(25(26,27)28)13-22(21)32-15-17-8-6-5-7-9-17/h5-11,13,18,20H,12,14-16H2,1-4H3/t18-,20+/m1/s1. The van der Waals surface area contributed by atoms with E-state index in [1.54, 1.807) is 32.8 Å². The second-order valence-electron chi connectivity index (χ2n) is 9.20. The molecule has 0 saturated carbocycles. The molecule has 8 heteroatoms. The molecular formula is C25H30F3NO4. The zero-order chi connectivity index (χ0) is 24.2. The van der Waals surface area contributed by atoms with E-state index in [2.05, 4.69) is 0 Å². The number of halogens is 3. The topological polar surface area (TPSA) is 48.0 Å². The Bertz CT molecular complexity index is 941. The van der Waals surface area contributed by atoms with Gasteiger partial charge < -0.3 is 19.1 Å². The fourth-order valence-electron chi connectivity index (χ4n) is 3.94. The first-order valence-corrected chi connectivity index (χ1v) is 10.8. The van der Waals surface area contributed by atoms with Crippen LogP contribution in [-0.4, -0.2) is 42.9 Å². The number of rotatable bonds is 6. The predicted molar refractivity (Wildman–Crippen MR) is 118 cm³/mol. The molecule has 1 saturated heterocycles. The number of hydrogen-bond donors (Lipinski definition) is 0. The van der Waals surface area contributed by atoms with Crippen molar-refractivity contribution in [3.8, 4) is 5.75 Å². The number of carbonyl (C=O) groups is 1. The van der Waals surface area contributed by atoms with Crippen molar-refractivity contribution in [3.63, 3.8) is 0 Å². The molecule has 3 rings (SSSR count).